The summed E-state index contributed by atoms with van der Waals surface area (Å²) < 4.78 is 5.50. The molecule has 0 saturated carbocycles. The molecule has 3 heteroatoms. The Morgan fingerprint density at radius 2 is 2.27 bits per heavy atom. The Bertz CT molecular complexity index is 166. The highest BCUT2D eigenvalue weighted by molar-refractivity contribution is 7.80. The first kappa shape index (κ1) is 13.3. The molecule has 0 N–H and O–H groups in total. The van der Waals surface area contributed by atoms with Gasteiger partial charge in [-0.2, -0.15) is 12.6 Å². The second-order valence-electron chi connectivity index (χ2n) is 4.58. The van der Waals surface area contributed by atoms with Gasteiger partial charge in [-0.25, -0.2) is 0 Å². The van der Waals surface area contributed by atoms with Crippen molar-refractivity contribution >= 4 is 12.6 Å². The molecule has 15 heavy (non-hydrogen) atoms. The van der Waals surface area contributed by atoms with Gasteiger partial charge in [0, 0.05) is 12.6 Å². The summed E-state index contributed by atoms with van der Waals surface area (Å²) in [6.45, 7) is 8.78. The molecule has 0 aromatic rings. The van der Waals surface area contributed by atoms with Gasteiger partial charge in [-0.15, -0.1) is 0 Å². The molecule has 1 aliphatic rings. The molecule has 2 atom stereocenters. The van der Waals surface area contributed by atoms with Crippen molar-refractivity contribution in [2.45, 2.75) is 39.2 Å². The van der Waals surface area contributed by atoms with Crippen LogP contribution >= 0.6 is 12.6 Å². The fraction of sp³-hybridized carbons (Fsp3) is 1.00. The van der Waals surface area contributed by atoms with Crippen LogP contribution in [0, 0.1) is 5.92 Å². The molecule has 1 aliphatic heterocycles. The van der Waals surface area contributed by atoms with Gasteiger partial charge < -0.3 is 4.74 Å². The van der Waals surface area contributed by atoms with Gasteiger partial charge in [-0.05, 0) is 37.5 Å². The highest BCUT2D eigenvalue weighted by atomic mass is 32.1. The minimum atomic E-state index is 0.655. The SMILES string of the molecule is CCC1COCCN1CCC(C)CCS. The lowest BCUT2D eigenvalue weighted by Gasteiger charge is -2.35. The van der Waals surface area contributed by atoms with Gasteiger partial charge >= 0.3 is 0 Å². The van der Waals surface area contributed by atoms with E-state index in [1.807, 2.05) is 0 Å². The van der Waals surface area contributed by atoms with Crippen molar-refractivity contribution in [1.82, 2.24) is 4.90 Å². The summed E-state index contributed by atoms with van der Waals surface area (Å²) in [5, 5.41) is 0. The van der Waals surface area contributed by atoms with Gasteiger partial charge in [0.2, 0.25) is 0 Å². The lowest BCUT2D eigenvalue weighted by atomic mass is 10.0. The molecule has 0 bridgehead atoms. The number of hydrogen-bond acceptors (Lipinski definition) is 3. The quantitative estimate of drug-likeness (QED) is 0.705. The average molecular weight is 231 g/mol. The molecule has 0 aliphatic carbocycles. The number of ether oxygens (including phenoxy) is 1. The predicted molar refractivity (Wildman–Crippen MR) is 68.7 cm³/mol. The van der Waals surface area contributed by atoms with E-state index in [9.17, 15) is 0 Å². The van der Waals surface area contributed by atoms with Gasteiger partial charge in [0.05, 0.1) is 13.2 Å². The Kier molecular flexibility index (Phi) is 6.69. The van der Waals surface area contributed by atoms with E-state index in [-0.39, 0.29) is 0 Å². The first-order valence-corrected chi connectivity index (χ1v) is 6.83. The maximum absolute atomic E-state index is 5.50. The molecule has 0 aromatic carbocycles. The van der Waals surface area contributed by atoms with Crippen LogP contribution in [0.4, 0.5) is 0 Å². The zero-order valence-corrected chi connectivity index (χ0v) is 11.0. The van der Waals surface area contributed by atoms with Crippen molar-refractivity contribution in [3.8, 4) is 0 Å². The lowest BCUT2D eigenvalue weighted by Crippen LogP contribution is -2.45. The molecule has 1 fully saturated rings. The average Bonchev–Trinajstić information content (AvgIpc) is 2.27. The maximum atomic E-state index is 5.50. The minimum absolute atomic E-state index is 0.655. The molecule has 0 spiro atoms. The normalized spacial score (nSPS) is 25.4. The largest absolute Gasteiger partial charge is 0.378 e. The van der Waals surface area contributed by atoms with E-state index >= 15 is 0 Å². The first-order chi connectivity index (χ1) is 7.27. The molecular formula is C12H25NOS. The number of morpholine rings is 1. The molecule has 0 radical (unpaired) electrons. The number of hydrogen-bond donors (Lipinski definition) is 1. The maximum Gasteiger partial charge on any atom is 0.0622 e. The topological polar surface area (TPSA) is 12.5 Å². The predicted octanol–water partition coefficient (Wildman–Crippen LogP) is 2.44. The van der Waals surface area contributed by atoms with Crippen molar-refractivity contribution in [3.05, 3.63) is 0 Å². The highest BCUT2D eigenvalue weighted by Gasteiger charge is 2.21. The molecule has 90 valence electrons. The van der Waals surface area contributed by atoms with Gasteiger partial charge in [-0.1, -0.05) is 13.8 Å². The summed E-state index contributed by atoms with van der Waals surface area (Å²) in [6.07, 6.45) is 3.75. The minimum Gasteiger partial charge on any atom is -0.378 e. The number of rotatable bonds is 6. The monoisotopic (exact) mass is 231 g/mol. The lowest BCUT2D eigenvalue weighted by molar-refractivity contribution is -0.0105. The van der Waals surface area contributed by atoms with E-state index in [2.05, 4.69) is 31.4 Å². The van der Waals surface area contributed by atoms with Gasteiger partial charge in [0.1, 0.15) is 0 Å². The Morgan fingerprint density at radius 1 is 1.47 bits per heavy atom. The zero-order chi connectivity index (χ0) is 11.1. The summed E-state index contributed by atoms with van der Waals surface area (Å²) in [5.74, 6) is 1.82. The summed E-state index contributed by atoms with van der Waals surface area (Å²) >= 11 is 4.28. The van der Waals surface area contributed by atoms with Crippen molar-refractivity contribution < 1.29 is 4.74 Å². The van der Waals surface area contributed by atoms with Gasteiger partial charge in [0.25, 0.3) is 0 Å². The third-order valence-corrected chi connectivity index (χ3v) is 3.61. The van der Waals surface area contributed by atoms with Crippen LogP contribution in [-0.4, -0.2) is 43.0 Å². The smallest absolute Gasteiger partial charge is 0.0622 e. The van der Waals surface area contributed by atoms with Crippen LogP contribution in [-0.2, 0) is 4.74 Å². The highest BCUT2D eigenvalue weighted by Crippen LogP contribution is 2.14. The standard InChI is InChI=1S/C12H25NOS/c1-3-12-10-14-8-7-13(12)6-4-11(2)5-9-15/h11-12,15H,3-10H2,1-2H3. The van der Waals surface area contributed by atoms with E-state index in [1.54, 1.807) is 0 Å². The summed E-state index contributed by atoms with van der Waals surface area (Å²) in [5.41, 5.74) is 0. The van der Waals surface area contributed by atoms with Crippen LogP contribution in [0.5, 0.6) is 0 Å². The molecule has 2 nitrogen and oxygen atoms in total. The first-order valence-electron chi connectivity index (χ1n) is 6.20. The van der Waals surface area contributed by atoms with Crippen LogP contribution in [0.15, 0.2) is 0 Å². The van der Waals surface area contributed by atoms with E-state index in [0.29, 0.717) is 6.04 Å². The second-order valence-corrected chi connectivity index (χ2v) is 5.03. The fourth-order valence-corrected chi connectivity index (χ4v) is 2.55. The fourth-order valence-electron chi connectivity index (χ4n) is 2.11. The van der Waals surface area contributed by atoms with Crippen LogP contribution in [0.3, 0.4) is 0 Å². The third-order valence-electron chi connectivity index (χ3n) is 3.35. The third kappa shape index (κ3) is 4.75. The molecular weight excluding hydrogens is 206 g/mol. The molecule has 1 saturated heterocycles. The number of thiol groups is 1. The zero-order valence-electron chi connectivity index (χ0n) is 10.1. The van der Waals surface area contributed by atoms with E-state index < -0.39 is 0 Å². The summed E-state index contributed by atoms with van der Waals surface area (Å²) in [4.78, 5) is 2.60. The molecule has 0 aromatic heterocycles. The molecule has 1 heterocycles. The van der Waals surface area contributed by atoms with E-state index in [0.717, 1.165) is 31.4 Å². The Hall–Kier alpha value is 0.270. The second kappa shape index (κ2) is 7.53. The molecule has 2 unspecified atom stereocenters. The van der Waals surface area contributed by atoms with Crippen LogP contribution in [0.1, 0.15) is 33.1 Å². The van der Waals surface area contributed by atoms with Crippen LogP contribution < -0.4 is 0 Å². The van der Waals surface area contributed by atoms with Gasteiger partial charge in [-0.3, -0.25) is 4.90 Å². The summed E-state index contributed by atoms with van der Waals surface area (Å²) in [7, 11) is 0. The van der Waals surface area contributed by atoms with E-state index in [1.165, 1.54) is 25.8 Å². The Labute approximate surface area is 99.8 Å². The molecule has 1 rings (SSSR count). The van der Waals surface area contributed by atoms with Gasteiger partial charge in [0.15, 0.2) is 0 Å². The Morgan fingerprint density at radius 3 is 2.93 bits per heavy atom. The van der Waals surface area contributed by atoms with E-state index in [4.69, 9.17) is 4.74 Å². The van der Waals surface area contributed by atoms with Crippen molar-refractivity contribution in [1.29, 1.82) is 0 Å². The summed E-state index contributed by atoms with van der Waals surface area (Å²) in [6, 6.07) is 0.655. The molecule has 0 amide bonds. The van der Waals surface area contributed by atoms with Crippen molar-refractivity contribution in [2.75, 3.05) is 32.1 Å². The van der Waals surface area contributed by atoms with Crippen molar-refractivity contribution in [2.24, 2.45) is 5.92 Å². The number of nitrogens with zero attached hydrogens (tertiary/aromatic N) is 1. The van der Waals surface area contributed by atoms with Crippen LogP contribution in [0.25, 0.3) is 0 Å². The van der Waals surface area contributed by atoms with Crippen LogP contribution in [0.2, 0.25) is 0 Å². The van der Waals surface area contributed by atoms with Crippen molar-refractivity contribution in [3.63, 3.8) is 0 Å². The Balaban J connectivity index is 2.22.